The Morgan fingerprint density at radius 1 is 1.37 bits per heavy atom. The lowest BCUT2D eigenvalue weighted by Crippen LogP contribution is -2.13. The van der Waals surface area contributed by atoms with E-state index < -0.39 is 10.0 Å². The van der Waals surface area contributed by atoms with E-state index in [4.69, 9.17) is 23.2 Å². The molecule has 0 unspecified atom stereocenters. The Balaban J connectivity index is 2.39. The summed E-state index contributed by atoms with van der Waals surface area (Å²) in [5.74, 6) is 0. The Morgan fingerprint density at radius 2 is 2.05 bits per heavy atom. The number of benzene rings is 1. The second-order valence-corrected chi connectivity index (χ2v) is 8.63. The van der Waals surface area contributed by atoms with Gasteiger partial charge in [-0.15, -0.1) is 0 Å². The lowest BCUT2D eigenvalue weighted by Gasteiger charge is -2.08. The average Bonchev–Trinajstić information content (AvgIpc) is 2.63. The van der Waals surface area contributed by atoms with Crippen molar-refractivity contribution < 1.29 is 8.42 Å². The molecule has 1 N–H and O–H groups in total. The van der Waals surface area contributed by atoms with Crippen LogP contribution in [-0.2, 0) is 10.0 Å². The lowest BCUT2D eigenvalue weighted by atomic mass is 10.3. The van der Waals surface area contributed by atoms with Crippen LogP contribution < -0.4 is 4.72 Å². The Kier molecular flexibility index (Phi) is 4.61. The maximum absolute atomic E-state index is 12.2. The van der Waals surface area contributed by atoms with Crippen molar-refractivity contribution in [3.05, 3.63) is 37.0 Å². The molecule has 2 rings (SSSR count). The van der Waals surface area contributed by atoms with Crippen LogP contribution in [0.15, 0.2) is 22.4 Å². The van der Waals surface area contributed by atoms with Gasteiger partial charge in [0.15, 0.2) is 8.68 Å². The molecule has 0 atom stereocenters. The Hall–Kier alpha value is -0.0900. The summed E-state index contributed by atoms with van der Waals surface area (Å²) in [5, 5.41) is 0.546. The van der Waals surface area contributed by atoms with Gasteiger partial charge in [-0.3, -0.25) is 4.72 Å². The molecule has 9 heteroatoms. The minimum atomic E-state index is -3.68. The van der Waals surface area contributed by atoms with Crippen LogP contribution in [0.5, 0.6) is 0 Å². The van der Waals surface area contributed by atoms with Gasteiger partial charge in [0.25, 0.3) is 10.0 Å². The maximum atomic E-state index is 12.2. The van der Waals surface area contributed by atoms with Gasteiger partial charge in [-0.2, -0.15) is 0 Å². The number of sulfonamides is 1. The highest BCUT2D eigenvalue weighted by Crippen LogP contribution is 2.30. The summed E-state index contributed by atoms with van der Waals surface area (Å²) < 4.78 is 28.0. The maximum Gasteiger partial charge on any atom is 0.273 e. The van der Waals surface area contributed by atoms with Gasteiger partial charge in [-0.1, -0.05) is 34.5 Å². The van der Waals surface area contributed by atoms with E-state index >= 15 is 0 Å². The molecule has 2 aromatic rings. The van der Waals surface area contributed by atoms with E-state index in [2.05, 4.69) is 9.71 Å². The second kappa shape index (κ2) is 5.72. The van der Waals surface area contributed by atoms with Crippen molar-refractivity contribution in [2.24, 2.45) is 0 Å². The van der Waals surface area contributed by atoms with E-state index in [0.717, 1.165) is 11.3 Å². The van der Waals surface area contributed by atoms with Gasteiger partial charge in [0.2, 0.25) is 0 Å². The molecule has 0 amide bonds. The first-order chi connectivity index (χ1) is 8.79. The molecule has 0 fully saturated rings. The summed E-state index contributed by atoms with van der Waals surface area (Å²) in [5.41, 5.74) is 0.848. The van der Waals surface area contributed by atoms with E-state index in [1.807, 2.05) is 22.6 Å². The van der Waals surface area contributed by atoms with Gasteiger partial charge in [0.1, 0.15) is 0 Å². The van der Waals surface area contributed by atoms with Gasteiger partial charge >= 0.3 is 0 Å². The fourth-order valence-electron chi connectivity index (χ4n) is 1.36. The predicted octanol–water partition coefficient (Wildman–Crippen LogP) is 4.16. The first-order valence-electron chi connectivity index (χ1n) is 4.90. The molecular weight excluding hydrogens is 442 g/mol. The molecule has 4 nitrogen and oxygen atoms in total. The number of halogens is 3. The van der Waals surface area contributed by atoms with Gasteiger partial charge < -0.3 is 0 Å². The van der Waals surface area contributed by atoms with Crippen molar-refractivity contribution in [3.63, 3.8) is 0 Å². The van der Waals surface area contributed by atoms with Crippen LogP contribution in [0.1, 0.15) is 5.69 Å². The molecule has 0 radical (unpaired) electrons. The first kappa shape index (κ1) is 15.3. The van der Waals surface area contributed by atoms with Crippen molar-refractivity contribution in [1.82, 2.24) is 4.98 Å². The highest BCUT2D eigenvalue weighted by molar-refractivity contribution is 14.1. The SMILES string of the molecule is Cc1nc(Cl)sc1S(=O)(=O)Nc1ccc(Cl)cc1I. The van der Waals surface area contributed by atoms with Crippen LogP contribution in [0, 0.1) is 10.5 Å². The fraction of sp³-hybridized carbons (Fsp3) is 0.100. The van der Waals surface area contributed by atoms with Gasteiger partial charge in [-0.25, -0.2) is 13.4 Å². The van der Waals surface area contributed by atoms with Crippen molar-refractivity contribution in [1.29, 1.82) is 0 Å². The summed E-state index contributed by atoms with van der Waals surface area (Å²) in [6.07, 6.45) is 0. The third-order valence-corrected chi connectivity index (χ3v) is 6.51. The number of nitrogens with zero attached hydrogens (tertiary/aromatic N) is 1. The summed E-state index contributed by atoms with van der Waals surface area (Å²) in [4.78, 5) is 3.90. The van der Waals surface area contributed by atoms with E-state index in [9.17, 15) is 8.42 Å². The van der Waals surface area contributed by atoms with E-state index in [-0.39, 0.29) is 8.68 Å². The van der Waals surface area contributed by atoms with Crippen LogP contribution in [-0.4, -0.2) is 13.4 Å². The first-order valence-corrected chi connectivity index (χ1v) is 9.04. The standard InChI is InChI=1S/C10H7Cl2IN2O2S2/c1-5-9(18-10(12)14-5)19(16,17)15-8-3-2-6(11)4-7(8)13/h2-4,15H,1H3. The second-order valence-electron chi connectivity index (χ2n) is 3.57. The minimum absolute atomic E-state index is 0.114. The summed E-state index contributed by atoms with van der Waals surface area (Å²) in [6, 6.07) is 4.90. The third kappa shape index (κ3) is 3.52. The highest BCUT2D eigenvalue weighted by Gasteiger charge is 2.22. The number of aromatic nitrogens is 1. The summed E-state index contributed by atoms with van der Waals surface area (Å²) in [6.45, 7) is 1.60. The largest absolute Gasteiger partial charge is 0.278 e. The molecule has 19 heavy (non-hydrogen) atoms. The molecule has 0 aliphatic heterocycles. The van der Waals surface area contributed by atoms with Gasteiger partial charge in [0.05, 0.1) is 11.4 Å². The average molecular weight is 449 g/mol. The lowest BCUT2D eigenvalue weighted by molar-refractivity contribution is 0.602. The van der Waals surface area contributed by atoms with E-state index in [0.29, 0.717) is 20.0 Å². The zero-order chi connectivity index (χ0) is 14.2. The Labute approximate surface area is 138 Å². The molecule has 0 spiro atoms. The van der Waals surface area contributed by atoms with Crippen molar-refractivity contribution in [2.45, 2.75) is 11.1 Å². The number of hydrogen-bond donors (Lipinski definition) is 1. The third-order valence-electron chi connectivity index (χ3n) is 2.15. The fourth-order valence-corrected chi connectivity index (χ4v) is 5.37. The van der Waals surface area contributed by atoms with E-state index in [1.165, 1.54) is 0 Å². The summed E-state index contributed by atoms with van der Waals surface area (Å²) >= 11 is 14.5. The molecule has 0 saturated carbocycles. The van der Waals surface area contributed by atoms with Crippen LogP contribution >= 0.6 is 57.1 Å². The molecule has 1 heterocycles. The Bertz CT molecular complexity index is 731. The quantitative estimate of drug-likeness (QED) is 0.717. The highest BCUT2D eigenvalue weighted by atomic mass is 127. The normalized spacial score (nSPS) is 11.6. The molecular formula is C10H7Cl2IN2O2S2. The van der Waals surface area contributed by atoms with Crippen molar-refractivity contribution in [3.8, 4) is 0 Å². The monoisotopic (exact) mass is 448 g/mol. The topological polar surface area (TPSA) is 59.1 Å². The molecule has 0 saturated heterocycles. The number of anilines is 1. The molecule has 0 aliphatic carbocycles. The van der Waals surface area contributed by atoms with Gasteiger partial charge in [0, 0.05) is 8.59 Å². The van der Waals surface area contributed by atoms with Crippen LogP contribution in [0.2, 0.25) is 9.49 Å². The number of rotatable bonds is 3. The smallest absolute Gasteiger partial charge is 0.273 e. The van der Waals surface area contributed by atoms with Crippen LogP contribution in [0.3, 0.4) is 0 Å². The van der Waals surface area contributed by atoms with Crippen molar-refractivity contribution in [2.75, 3.05) is 4.72 Å². The summed E-state index contributed by atoms with van der Waals surface area (Å²) in [7, 11) is -3.68. The minimum Gasteiger partial charge on any atom is -0.278 e. The van der Waals surface area contributed by atoms with Crippen LogP contribution in [0.25, 0.3) is 0 Å². The number of aryl methyl sites for hydroxylation is 1. The Morgan fingerprint density at radius 3 is 2.58 bits per heavy atom. The van der Waals surface area contributed by atoms with E-state index in [1.54, 1.807) is 25.1 Å². The molecule has 102 valence electrons. The number of thiazole rings is 1. The molecule has 0 aliphatic rings. The number of hydrogen-bond acceptors (Lipinski definition) is 4. The van der Waals surface area contributed by atoms with Crippen molar-refractivity contribution >= 4 is 72.8 Å². The number of nitrogens with one attached hydrogen (secondary N) is 1. The zero-order valence-electron chi connectivity index (χ0n) is 9.45. The molecule has 1 aromatic carbocycles. The predicted molar refractivity (Wildman–Crippen MR) is 86.8 cm³/mol. The molecule has 1 aromatic heterocycles. The van der Waals surface area contributed by atoms with Gasteiger partial charge in [-0.05, 0) is 47.7 Å². The molecule has 0 bridgehead atoms. The zero-order valence-corrected chi connectivity index (χ0v) is 14.7. The van der Waals surface area contributed by atoms with Crippen LogP contribution in [0.4, 0.5) is 5.69 Å².